The number of halogens is 1. The summed E-state index contributed by atoms with van der Waals surface area (Å²) in [5.41, 5.74) is 1.20. The summed E-state index contributed by atoms with van der Waals surface area (Å²) in [4.78, 5) is 0. The standard InChI is InChI=1S/C14H17ClO/c1-4-5-6-11(2)9-12-7-8-14(16-3)13(15)10-12/h7-8,10-11H,4,9H2,1-3H3. The first-order valence-electron chi connectivity index (χ1n) is 5.48. The van der Waals surface area contributed by atoms with Gasteiger partial charge >= 0.3 is 0 Å². The van der Waals surface area contributed by atoms with Crippen molar-refractivity contribution < 1.29 is 4.74 Å². The van der Waals surface area contributed by atoms with Crippen LogP contribution in [0, 0.1) is 17.8 Å². The third-order valence-electron chi connectivity index (χ3n) is 2.28. The molecule has 1 rings (SSSR count). The Morgan fingerprint density at radius 1 is 1.44 bits per heavy atom. The number of methoxy groups -OCH3 is 1. The minimum Gasteiger partial charge on any atom is -0.495 e. The smallest absolute Gasteiger partial charge is 0.137 e. The van der Waals surface area contributed by atoms with E-state index in [1.165, 1.54) is 5.56 Å². The molecule has 0 spiro atoms. The van der Waals surface area contributed by atoms with Crippen LogP contribution in [0.3, 0.4) is 0 Å². The van der Waals surface area contributed by atoms with E-state index in [1.54, 1.807) is 7.11 Å². The van der Waals surface area contributed by atoms with Gasteiger partial charge in [0.2, 0.25) is 0 Å². The monoisotopic (exact) mass is 236 g/mol. The molecule has 2 heteroatoms. The van der Waals surface area contributed by atoms with Gasteiger partial charge in [-0.3, -0.25) is 0 Å². The maximum atomic E-state index is 6.06. The van der Waals surface area contributed by atoms with E-state index in [9.17, 15) is 0 Å². The Morgan fingerprint density at radius 2 is 2.19 bits per heavy atom. The van der Waals surface area contributed by atoms with Crippen LogP contribution in [0.2, 0.25) is 5.02 Å². The van der Waals surface area contributed by atoms with Gasteiger partial charge in [-0.15, -0.1) is 5.92 Å². The molecule has 0 aliphatic heterocycles. The van der Waals surface area contributed by atoms with Crippen LogP contribution < -0.4 is 4.74 Å². The Bertz CT molecular complexity index is 401. The fourth-order valence-electron chi connectivity index (χ4n) is 1.52. The van der Waals surface area contributed by atoms with Crippen molar-refractivity contribution in [3.63, 3.8) is 0 Å². The van der Waals surface area contributed by atoms with E-state index < -0.39 is 0 Å². The van der Waals surface area contributed by atoms with Gasteiger partial charge in [0.05, 0.1) is 12.1 Å². The molecule has 0 saturated carbocycles. The van der Waals surface area contributed by atoms with Crippen molar-refractivity contribution >= 4 is 11.6 Å². The highest BCUT2D eigenvalue weighted by Gasteiger charge is 2.04. The first-order valence-corrected chi connectivity index (χ1v) is 5.86. The van der Waals surface area contributed by atoms with Crippen molar-refractivity contribution in [2.24, 2.45) is 5.92 Å². The second kappa shape index (κ2) is 6.45. The Balaban J connectivity index is 2.71. The van der Waals surface area contributed by atoms with E-state index in [0.717, 1.165) is 18.6 Å². The van der Waals surface area contributed by atoms with Crippen LogP contribution in [0.5, 0.6) is 5.75 Å². The van der Waals surface area contributed by atoms with Crippen LogP contribution in [-0.2, 0) is 6.42 Å². The van der Waals surface area contributed by atoms with E-state index in [4.69, 9.17) is 16.3 Å². The first kappa shape index (κ1) is 12.9. The van der Waals surface area contributed by atoms with Gasteiger partial charge in [0.15, 0.2) is 0 Å². The molecule has 0 amide bonds. The van der Waals surface area contributed by atoms with Crippen LogP contribution in [0.15, 0.2) is 18.2 Å². The maximum absolute atomic E-state index is 6.06. The Kier molecular flexibility index (Phi) is 5.22. The largest absolute Gasteiger partial charge is 0.495 e. The summed E-state index contributed by atoms with van der Waals surface area (Å²) in [5.74, 6) is 7.39. The SMILES string of the molecule is CCC#CC(C)Cc1ccc(OC)c(Cl)c1. The van der Waals surface area contributed by atoms with Crippen LogP contribution >= 0.6 is 11.6 Å². The zero-order valence-electron chi connectivity index (χ0n) is 10.0. The van der Waals surface area contributed by atoms with Crippen molar-refractivity contribution in [1.29, 1.82) is 0 Å². The third kappa shape index (κ3) is 3.79. The van der Waals surface area contributed by atoms with Crippen molar-refractivity contribution in [1.82, 2.24) is 0 Å². The Hall–Kier alpha value is -1.13. The predicted molar refractivity (Wildman–Crippen MR) is 68.9 cm³/mol. The Morgan fingerprint density at radius 3 is 2.75 bits per heavy atom. The van der Waals surface area contributed by atoms with Crippen LogP contribution in [0.4, 0.5) is 0 Å². The number of ether oxygens (including phenoxy) is 1. The molecular formula is C14H17ClO. The molecule has 86 valence electrons. The summed E-state index contributed by atoms with van der Waals surface area (Å²) in [6.45, 7) is 4.19. The number of hydrogen-bond donors (Lipinski definition) is 0. The lowest BCUT2D eigenvalue weighted by molar-refractivity contribution is 0.415. The topological polar surface area (TPSA) is 9.23 Å². The van der Waals surface area contributed by atoms with Crippen LogP contribution in [0.25, 0.3) is 0 Å². The quantitative estimate of drug-likeness (QED) is 0.723. The molecule has 1 nitrogen and oxygen atoms in total. The zero-order chi connectivity index (χ0) is 12.0. The van der Waals surface area contributed by atoms with Crippen LogP contribution in [0.1, 0.15) is 25.8 Å². The molecule has 0 aromatic heterocycles. The Labute approximate surface area is 103 Å². The normalized spacial score (nSPS) is 11.5. The molecule has 1 atom stereocenters. The molecule has 0 aliphatic carbocycles. The molecule has 0 heterocycles. The summed E-state index contributed by atoms with van der Waals surface area (Å²) >= 11 is 6.06. The first-order chi connectivity index (χ1) is 7.67. The summed E-state index contributed by atoms with van der Waals surface area (Å²) < 4.78 is 5.11. The fourth-order valence-corrected chi connectivity index (χ4v) is 1.80. The third-order valence-corrected chi connectivity index (χ3v) is 2.58. The van der Waals surface area contributed by atoms with E-state index in [2.05, 4.69) is 25.7 Å². The van der Waals surface area contributed by atoms with Gasteiger partial charge < -0.3 is 4.74 Å². The number of benzene rings is 1. The molecule has 0 radical (unpaired) electrons. The number of rotatable bonds is 3. The molecule has 1 unspecified atom stereocenters. The molecule has 1 aromatic rings. The van der Waals surface area contributed by atoms with Gasteiger partial charge in [-0.25, -0.2) is 0 Å². The van der Waals surface area contributed by atoms with Gasteiger partial charge in [0.25, 0.3) is 0 Å². The lowest BCUT2D eigenvalue weighted by Crippen LogP contribution is -1.97. The summed E-state index contributed by atoms with van der Waals surface area (Å²) in [6.07, 6.45) is 1.84. The van der Waals surface area contributed by atoms with Gasteiger partial charge in [-0.1, -0.05) is 37.4 Å². The lowest BCUT2D eigenvalue weighted by Gasteiger charge is -2.07. The maximum Gasteiger partial charge on any atom is 0.137 e. The van der Waals surface area contributed by atoms with Crippen molar-refractivity contribution in [2.75, 3.05) is 7.11 Å². The highest BCUT2D eigenvalue weighted by molar-refractivity contribution is 6.32. The van der Waals surface area contributed by atoms with E-state index in [0.29, 0.717) is 10.9 Å². The minimum atomic E-state index is 0.365. The highest BCUT2D eigenvalue weighted by Crippen LogP contribution is 2.25. The molecule has 0 N–H and O–H groups in total. The second-order valence-electron chi connectivity index (χ2n) is 3.75. The fraction of sp³-hybridized carbons (Fsp3) is 0.429. The number of hydrogen-bond acceptors (Lipinski definition) is 1. The average Bonchev–Trinajstić information content (AvgIpc) is 2.26. The predicted octanol–water partition coefficient (Wildman–Crippen LogP) is 3.94. The minimum absolute atomic E-state index is 0.365. The van der Waals surface area contributed by atoms with E-state index in [-0.39, 0.29) is 0 Å². The molecule has 0 bridgehead atoms. The molecule has 0 saturated heterocycles. The van der Waals surface area contributed by atoms with Gasteiger partial charge in [0.1, 0.15) is 5.75 Å². The molecule has 0 fully saturated rings. The molecule has 0 aliphatic rings. The summed E-state index contributed by atoms with van der Waals surface area (Å²) in [6, 6.07) is 5.89. The van der Waals surface area contributed by atoms with Crippen molar-refractivity contribution in [2.45, 2.75) is 26.7 Å². The summed E-state index contributed by atoms with van der Waals surface area (Å²) in [5, 5.41) is 0.663. The van der Waals surface area contributed by atoms with Gasteiger partial charge in [-0.2, -0.15) is 0 Å². The van der Waals surface area contributed by atoms with Gasteiger partial charge in [0, 0.05) is 12.3 Å². The highest BCUT2D eigenvalue weighted by atomic mass is 35.5. The van der Waals surface area contributed by atoms with Crippen molar-refractivity contribution in [3.8, 4) is 17.6 Å². The van der Waals surface area contributed by atoms with E-state index in [1.807, 2.05) is 18.2 Å². The average molecular weight is 237 g/mol. The molecular weight excluding hydrogens is 220 g/mol. The van der Waals surface area contributed by atoms with E-state index >= 15 is 0 Å². The molecule has 1 aromatic carbocycles. The van der Waals surface area contributed by atoms with Crippen molar-refractivity contribution in [3.05, 3.63) is 28.8 Å². The lowest BCUT2D eigenvalue weighted by atomic mass is 10.0. The zero-order valence-corrected chi connectivity index (χ0v) is 10.8. The molecule has 16 heavy (non-hydrogen) atoms. The van der Waals surface area contributed by atoms with Crippen LogP contribution in [-0.4, -0.2) is 7.11 Å². The summed E-state index contributed by atoms with van der Waals surface area (Å²) in [7, 11) is 1.62. The van der Waals surface area contributed by atoms with Gasteiger partial charge in [-0.05, 0) is 24.1 Å². The second-order valence-corrected chi connectivity index (χ2v) is 4.16.